The van der Waals surface area contributed by atoms with Crippen LogP contribution in [0.5, 0.6) is 0 Å². The van der Waals surface area contributed by atoms with Crippen molar-refractivity contribution in [1.29, 1.82) is 0 Å². The Morgan fingerprint density at radius 1 is 1.21 bits per heavy atom. The highest BCUT2D eigenvalue weighted by molar-refractivity contribution is 5.72. The smallest absolute Gasteiger partial charge is 0.306 e. The van der Waals surface area contributed by atoms with E-state index in [0.717, 1.165) is 6.42 Å². The Hall–Kier alpha value is -1.22. The standard InChI is InChI=1S/C25H40O8/c1-5-31-22(27)12-17-14(2)8-19(26)18-11-20(32-13-30-7-6-29-4)15-9-21-16(10-23(28)33-21)24(15)25(17,18)3/h14-21,24,26H,5-13H2,1-4H3/t14-,15+,16-,17+,18-,19-,20+,21-,24-,25-/m0/s1. The zero-order chi connectivity index (χ0) is 23.8. The van der Waals surface area contributed by atoms with Crippen LogP contribution in [0.2, 0.25) is 0 Å². The first-order chi connectivity index (χ1) is 15.8. The molecule has 1 heterocycles. The number of methoxy groups -OCH3 is 1. The van der Waals surface area contributed by atoms with Gasteiger partial charge in [0, 0.05) is 19.4 Å². The second kappa shape index (κ2) is 10.2. The zero-order valence-corrected chi connectivity index (χ0v) is 20.4. The molecule has 8 heteroatoms. The number of fused-ring (bicyclic) bond motifs is 5. The molecule has 0 spiro atoms. The van der Waals surface area contributed by atoms with E-state index in [-0.39, 0.29) is 71.9 Å². The van der Waals surface area contributed by atoms with E-state index in [4.69, 9.17) is 23.7 Å². The fourth-order valence-electron chi connectivity index (χ4n) is 7.94. The van der Waals surface area contributed by atoms with Crippen LogP contribution in [-0.2, 0) is 33.3 Å². The fourth-order valence-corrected chi connectivity index (χ4v) is 7.94. The lowest BCUT2D eigenvalue weighted by Gasteiger charge is -2.61. The number of carbonyl (C=O) groups is 2. The third-order valence-electron chi connectivity index (χ3n) is 9.12. The molecule has 0 aromatic heterocycles. The normalized spacial score (nSPS) is 44.0. The van der Waals surface area contributed by atoms with Gasteiger partial charge in [0.1, 0.15) is 12.9 Å². The van der Waals surface area contributed by atoms with Crippen molar-refractivity contribution >= 4 is 11.9 Å². The van der Waals surface area contributed by atoms with Crippen LogP contribution >= 0.6 is 0 Å². The zero-order valence-electron chi connectivity index (χ0n) is 20.4. The summed E-state index contributed by atoms with van der Waals surface area (Å²) in [5.74, 6) is 0.340. The summed E-state index contributed by atoms with van der Waals surface area (Å²) in [5.41, 5.74) is -0.307. The molecule has 0 aromatic rings. The third kappa shape index (κ3) is 4.56. The van der Waals surface area contributed by atoms with Gasteiger partial charge in [-0.2, -0.15) is 0 Å². The van der Waals surface area contributed by atoms with E-state index in [1.54, 1.807) is 7.11 Å². The van der Waals surface area contributed by atoms with Crippen molar-refractivity contribution in [3.8, 4) is 0 Å². The van der Waals surface area contributed by atoms with Crippen LogP contribution < -0.4 is 0 Å². The summed E-state index contributed by atoms with van der Waals surface area (Å²) in [6, 6.07) is 0. The lowest BCUT2D eigenvalue weighted by Crippen LogP contribution is -2.61. The number of ether oxygens (including phenoxy) is 5. The monoisotopic (exact) mass is 468 g/mol. The Morgan fingerprint density at radius 3 is 2.73 bits per heavy atom. The van der Waals surface area contributed by atoms with Gasteiger partial charge in [-0.15, -0.1) is 0 Å². The average Bonchev–Trinajstić information content (AvgIpc) is 3.28. The number of hydrogen-bond acceptors (Lipinski definition) is 8. The van der Waals surface area contributed by atoms with E-state index < -0.39 is 6.10 Å². The number of rotatable bonds is 9. The van der Waals surface area contributed by atoms with Crippen molar-refractivity contribution in [3.05, 3.63) is 0 Å². The third-order valence-corrected chi connectivity index (χ3v) is 9.12. The van der Waals surface area contributed by atoms with Crippen LogP contribution in [0.1, 0.15) is 52.9 Å². The molecule has 8 nitrogen and oxygen atoms in total. The summed E-state index contributed by atoms with van der Waals surface area (Å²) < 4.78 is 27.9. The first kappa shape index (κ1) is 24.9. The Labute approximate surface area is 196 Å². The molecule has 33 heavy (non-hydrogen) atoms. The molecule has 1 saturated heterocycles. The van der Waals surface area contributed by atoms with E-state index >= 15 is 0 Å². The van der Waals surface area contributed by atoms with Crippen molar-refractivity contribution < 1.29 is 38.4 Å². The van der Waals surface area contributed by atoms with Crippen molar-refractivity contribution in [2.45, 2.75) is 71.2 Å². The molecule has 0 bridgehead atoms. The highest BCUT2D eigenvalue weighted by atomic mass is 16.7. The predicted molar refractivity (Wildman–Crippen MR) is 118 cm³/mol. The van der Waals surface area contributed by atoms with Crippen molar-refractivity contribution in [2.24, 2.45) is 40.9 Å². The van der Waals surface area contributed by atoms with E-state index in [2.05, 4.69) is 13.8 Å². The minimum absolute atomic E-state index is 0.0206. The maximum absolute atomic E-state index is 12.6. The molecular formula is C25H40O8. The highest BCUT2D eigenvalue weighted by Gasteiger charge is 2.67. The van der Waals surface area contributed by atoms with Gasteiger partial charge in [-0.05, 0) is 61.2 Å². The number of carbonyl (C=O) groups excluding carboxylic acids is 2. The molecule has 4 fully saturated rings. The lowest BCUT2D eigenvalue weighted by molar-refractivity contribution is -0.214. The molecule has 0 aromatic carbocycles. The van der Waals surface area contributed by atoms with Gasteiger partial charge in [0.25, 0.3) is 0 Å². The molecule has 10 atom stereocenters. The largest absolute Gasteiger partial charge is 0.466 e. The highest BCUT2D eigenvalue weighted by Crippen LogP contribution is 2.67. The minimum atomic E-state index is -0.470. The van der Waals surface area contributed by atoms with Crippen LogP contribution in [0, 0.1) is 40.9 Å². The first-order valence-electron chi connectivity index (χ1n) is 12.5. The van der Waals surface area contributed by atoms with E-state index in [1.807, 2.05) is 6.92 Å². The summed E-state index contributed by atoms with van der Waals surface area (Å²) in [4.78, 5) is 24.8. The molecule has 1 aliphatic heterocycles. The van der Waals surface area contributed by atoms with Crippen LogP contribution in [-0.4, -0.2) is 69.1 Å². The van der Waals surface area contributed by atoms with Gasteiger partial charge < -0.3 is 28.8 Å². The molecule has 188 valence electrons. The van der Waals surface area contributed by atoms with Gasteiger partial charge >= 0.3 is 11.9 Å². The maximum Gasteiger partial charge on any atom is 0.306 e. The number of esters is 2. The van der Waals surface area contributed by atoms with Crippen molar-refractivity contribution in [1.82, 2.24) is 0 Å². The van der Waals surface area contributed by atoms with Gasteiger partial charge in [0.2, 0.25) is 0 Å². The number of aliphatic hydroxyl groups is 1. The van der Waals surface area contributed by atoms with Crippen LogP contribution in [0.4, 0.5) is 0 Å². The summed E-state index contributed by atoms with van der Waals surface area (Å²) in [6.45, 7) is 7.71. The Bertz CT molecular complexity index is 713. The van der Waals surface area contributed by atoms with E-state index in [9.17, 15) is 14.7 Å². The quantitative estimate of drug-likeness (QED) is 0.313. The molecule has 3 saturated carbocycles. The van der Waals surface area contributed by atoms with Crippen molar-refractivity contribution in [2.75, 3.05) is 33.7 Å². The molecule has 0 amide bonds. The van der Waals surface area contributed by atoms with Gasteiger partial charge in [-0.3, -0.25) is 9.59 Å². The Morgan fingerprint density at radius 2 is 2.00 bits per heavy atom. The summed E-state index contributed by atoms with van der Waals surface area (Å²) in [7, 11) is 1.63. The molecule has 1 N–H and O–H groups in total. The lowest BCUT2D eigenvalue weighted by atomic mass is 9.44. The van der Waals surface area contributed by atoms with Crippen LogP contribution in [0.25, 0.3) is 0 Å². The number of hydrogen-bond donors (Lipinski definition) is 1. The molecule has 0 unspecified atom stereocenters. The first-order valence-corrected chi connectivity index (χ1v) is 12.5. The van der Waals surface area contributed by atoms with Gasteiger partial charge in [0.05, 0.1) is 38.4 Å². The van der Waals surface area contributed by atoms with Gasteiger partial charge in [0.15, 0.2) is 0 Å². The molecule has 3 aliphatic carbocycles. The molecule has 0 radical (unpaired) electrons. The number of aliphatic hydroxyl groups excluding tert-OH is 1. The van der Waals surface area contributed by atoms with E-state index in [0.29, 0.717) is 45.5 Å². The summed E-state index contributed by atoms with van der Waals surface area (Å²) in [6.07, 6.45) is 2.23. The minimum Gasteiger partial charge on any atom is -0.466 e. The van der Waals surface area contributed by atoms with Crippen molar-refractivity contribution in [3.63, 3.8) is 0 Å². The summed E-state index contributed by atoms with van der Waals surface area (Å²) >= 11 is 0. The molecule has 4 rings (SSSR count). The Kier molecular flexibility index (Phi) is 7.68. The molecule has 4 aliphatic rings. The molecular weight excluding hydrogens is 428 g/mol. The maximum atomic E-state index is 12.6. The average molecular weight is 469 g/mol. The summed E-state index contributed by atoms with van der Waals surface area (Å²) in [5, 5.41) is 11.2. The second-order valence-corrected chi connectivity index (χ2v) is 10.6. The Balaban J connectivity index is 1.62. The van der Waals surface area contributed by atoms with Crippen LogP contribution in [0.15, 0.2) is 0 Å². The fraction of sp³-hybridized carbons (Fsp3) is 0.920. The van der Waals surface area contributed by atoms with E-state index in [1.165, 1.54) is 0 Å². The second-order valence-electron chi connectivity index (χ2n) is 10.6. The predicted octanol–water partition coefficient (Wildman–Crippen LogP) is 2.56. The van der Waals surface area contributed by atoms with Crippen LogP contribution in [0.3, 0.4) is 0 Å². The topological polar surface area (TPSA) is 101 Å². The van der Waals surface area contributed by atoms with Gasteiger partial charge in [-0.25, -0.2) is 0 Å². The SMILES string of the molecule is CCOC(=O)C[C@@H]1[C@@H](C)C[C@H](O)[C@@H]2C[C@@H](OCOCCOC)[C@H]3C[C@@H]4OC(=O)C[C@@H]4[C@H]3[C@@]12C. The van der Waals surface area contributed by atoms with Gasteiger partial charge in [-0.1, -0.05) is 13.8 Å².